The third-order valence-electron chi connectivity index (χ3n) is 4.27. The molecular weight excluding hydrogens is 322 g/mol. The number of carbonyl (C=O) groups is 2. The van der Waals surface area contributed by atoms with Crippen molar-refractivity contribution >= 4 is 23.2 Å². The molecule has 2 amide bonds. The first-order valence-corrected chi connectivity index (χ1v) is 8.94. The Bertz CT molecular complexity index is 680. The Morgan fingerprint density at radius 3 is 2.29 bits per heavy atom. The average Bonchev–Trinajstić information content (AvgIpc) is 3.16. The van der Waals surface area contributed by atoms with Crippen LogP contribution in [0.15, 0.2) is 47.8 Å². The van der Waals surface area contributed by atoms with Gasteiger partial charge in [-0.2, -0.15) is 0 Å². The largest absolute Gasteiger partial charge is 0.339 e. The number of hydrogen-bond donors (Lipinski definition) is 1. The number of benzene rings is 1. The van der Waals surface area contributed by atoms with E-state index in [-0.39, 0.29) is 17.9 Å². The molecule has 2 heterocycles. The maximum absolute atomic E-state index is 12.4. The Balaban J connectivity index is 1.51. The number of nitrogens with zero attached hydrogens (tertiary/aromatic N) is 2. The molecule has 1 aromatic heterocycles. The van der Waals surface area contributed by atoms with E-state index in [2.05, 4.69) is 0 Å². The molecule has 2 N–H and O–H groups in total. The lowest BCUT2D eigenvalue weighted by Crippen LogP contribution is -2.50. The topological polar surface area (TPSA) is 66.6 Å². The summed E-state index contributed by atoms with van der Waals surface area (Å²) >= 11 is 1.45. The zero-order chi connectivity index (χ0) is 16.9. The number of thiophene rings is 1. The molecule has 1 fully saturated rings. The van der Waals surface area contributed by atoms with Gasteiger partial charge in [0.1, 0.15) is 0 Å². The summed E-state index contributed by atoms with van der Waals surface area (Å²) in [7, 11) is 0. The Labute approximate surface area is 145 Å². The van der Waals surface area contributed by atoms with Gasteiger partial charge in [0.25, 0.3) is 5.91 Å². The first-order chi connectivity index (χ1) is 11.6. The van der Waals surface area contributed by atoms with Crippen LogP contribution in [0.25, 0.3) is 0 Å². The zero-order valence-corrected chi connectivity index (χ0v) is 14.2. The summed E-state index contributed by atoms with van der Waals surface area (Å²) in [6, 6.07) is 13.1. The van der Waals surface area contributed by atoms with Gasteiger partial charge in [-0.05, 0) is 17.0 Å². The fraction of sp³-hybridized carbons (Fsp3) is 0.333. The summed E-state index contributed by atoms with van der Waals surface area (Å²) in [5, 5.41) is 1.90. The molecule has 1 aromatic carbocycles. The molecule has 1 aliphatic heterocycles. The normalized spacial score (nSPS) is 16.0. The maximum atomic E-state index is 12.4. The Morgan fingerprint density at radius 2 is 1.67 bits per heavy atom. The molecule has 0 unspecified atom stereocenters. The second-order valence-corrected chi connectivity index (χ2v) is 6.82. The van der Waals surface area contributed by atoms with E-state index in [0.717, 1.165) is 10.4 Å². The lowest BCUT2D eigenvalue weighted by Gasteiger charge is -2.35. The number of nitrogens with two attached hydrogens (primary N) is 1. The van der Waals surface area contributed by atoms with Crippen LogP contribution in [-0.4, -0.2) is 47.8 Å². The molecule has 0 aliphatic carbocycles. The van der Waals surface area contributed by atoms with Crippen molar-refractivity contribution in [1.29, 1.82) is 0 Å². The van der Waals surface area contributed by atoms with E-state index in [4.69, 9.17) is 5.73 Å². The van der Waals surface area contributed by atoms with Gasteiger partial charge < -0.3 is 15.5 Å². The fourth-order valence-corrected chi connectivity index (χ4v) is 3.54. The van der Waals surface area contributed by atoms with E-state index in [1.54, 1.807) is 4.90 Å². The van der Waals surface area contributed by atoms with Crippen LogP contribution in [0.5, 0.6) is 0 Å². The Hall–Kier alpha value is -2.18. The van der Waals surface area contributed by atoms with Gasteiger partial charge in [-0.25, -0.2) is 0 Å². The maximum Gasteiger partial charge on any atom is 0.264 e. The van der Waals surface area contributed by atoms with Crippen LogP contribution in [0.1, 0.15) is 27.7 Å². The molecule has 2 aromatic rings. The van der Waals surface area contributed by atoms with E-state index >= 15 is 0 Å². The van der Waals surface area contributed by atoms with Crippen molar-refractivity contribution in [3.63, 3.8) is 0 Å². The lowest BCUT2D eigenvalue weighted by atomic mass is 10.0. The molecule has 3 rings (SSSR count). The summed E-state index contributed by atoms with van der Waals surface area (Å²) in [6.07, 6.45) is 0.295. The molecular formula is C18H21N3O2S. The minimum atomic E-state index is -0.288. The summed E-state index contributed by atoms with van der Waals surface area (Å²) in [5.41, 5.74) is 7.10. The molecule has 1 aliphatic rings. The van der Waals surface area contributed by atoms with Gasteiger partial charge in [0.2, 0.25) is 5.91 Å². The van der Waals surface area contributed by atoms with Crippen molar-refractivity contribution in [3.05, 3.63) is 58.3 Å². The van der Waals surface area contributed by atoms with E-state index in [9.17, 15) is 9.59 Å². The Morgan fingerprint density at radius 1 is 1.00 bits per heavy atom. The molecule has 0 radical (unpaired) electrons. The van der Waals surface area contributed by atoms with Crippen LogP contribution in [0, 0.1) is 0 Å². The van der Waals surface area contributed by atoms with Crippen molar-refractivity contribution in [2.75, 3.05) is 26.2 Å². The number of amides is 2. The van der Waals surface area contributed by atoms with Crippen LogP contribution >= 0.6 is 11.3 Å². The fourth-order valence-electron chi connectivity index (χ4n) is 2.85. The predicted molar refractivity (Wildman–Crippen MR) is 94.8 cm³/mol. The summed E-state index contributed by atoms with van der Waals surface area (Å²) in [4.78, 5) is 29.1. The molecule has 6 heteroatoms. The number of hydrogen-bond acceptors (Lipinski definition) is 4. The van der Waals surface area contributed by atoms with Gasteiger partial charge in [0.05, 0.1) is 4.88 Å². The molecule has 126 valence electrons. The van der Waals surface area contributed by atoms with E-state index in [0.29, 0.717) is 32.6 Å². The molecule has 24 heavy (non-hydrogen) atoms. The molecule has 1 atom stereocenters. The number of piperazine rings is 1. The monoisotopic (exact) mass is 343 g/mol. The van der Waals surface area contributed by atoms with Gasteiger partial charge in [-0.1, -0.05) is 36.4 Å². The van der Waals surface area contributed by atoms with Crippen molar-refractivity contribution < 1.29 is 9.59 Å². The van der Waals surface area contributed by atoms with Crippen LogP contribution in [0.2, 0.25) is 0 Å². The van der Waals surface area contributed by atoms with Gasteiger partial charge >= 0.3 is 0 Å². The molecule has 0 saturated carbocycles. The van der Waals surface area contributed by atoms with Crippen LogP contribution < -0.4 is 5.73 Å². The van der Waals surface area contributed by atoms with Gasteiger partial charge in [0.15, 0.2) is 0 Å². The quantitative estimate of drug-likeness (QED) is 0.925. The van der Waals surface area contributed by atoms with Crippen LogP contribution in [0.4, 0.5) is 0 Å². The van der Waals surface area contributed by atoms with E-state index in [1.807, 2.05) is 52.7 Å². The number of carbonyl (C=O) groups excluding carboxylic acids is 2. The SMILES string of the molecule is N[C@@H](CC(=O)N1CCN(C(=O)c2cccs2)CC1)c1ccccc1. The molecule has 5 nitrogen and oxygen atoms in total. The van der Waals surface area contributed by atoms with Crippen molar-refractivity contribution in [1.82, 2.24) is 9.80 Å². The van der Waals surface area contributed by atoms with Crippen LogP contribution in [-0.2, 0) is 4.79 Å². The Kier molecular flexibility index (Phi) is 5.27. The smallest absolute Gasteiger partial charge is 0.264 e. The van der Waals surface area contributed by atoms with Crippen molar-refractivity contribution in [2.24, 2.45) is 5.73 Å². The standard InChI is InChI=1S/C18H21N3O2S/c19-15(14-5-2-1-3-6-14)13-17(22)20-8-10-21(11-9-20)18(23)16-7-4-12-24-16/h1-7,12,15H,8-11,13,19H2/t15-/m0/s1. The predicted octanol–water partition coefficient (Wildman–Crippen LogP) is 2.12. The van der Waals surface area contributed by atoms with Crippen molar-refractivity contribution in [3.8, 4) is 0 Å². The van der Waals surface area contributed by atoms with E-state index in [1.165, 1.54) is 11.3 Å². The highest BCUT2D eigenvalue weighted by atomic mass is 32.1. The minimum absolute atomic E-state index is 0.0505. The van der Waals surface area contributed by atoms with Gasteiger partial charge in [-0.3, -0.25) is 9.59 Å². The van der Waals surface area contributed by atoms with Gasteiger partial charge in [-0.15, -0.1) is 11.3 Å². The van der Waals surface area contributed by atoms with E-state index < -0.39 is 0 Å². The van der Waals surface area contributed by atoms with Gasteiger partial charge in [0, 0.05) is 38.6 Å². The third-order valence-corrected chi connectivity index (χ3v) is 5.13. The second kappa shape index (κ2) is 7.59. The summed E-state index contributed by atoms with van der Waals surface area (Å²) in [5.74, 6) is 0.104. The average molecular weight is 343 g/mol. The second-order valence-electron chi connectivity index (χ2n) is 5.87. The first kappa shape index (κ1) is 16.7. The highest BCUT2D eigenvalue weighted by Crippen LogP contribution is 2.17. The molecule has 0 bridgehead atoms. The summed E-state index contributed by atoms with van der Waals surface area (Å²) in [6.45, 7) is 2.28. The highest BCUT2D eigenvalue weighted by Gasteiger charge is 2.26. The minimum Gasteiger partial charge on any atom is -0.339 e. The van der Waals surface area contributed by atoms with Crippen LogP contribution in [0.3, 0.4) is 0 Å². The third kappa shape index (κ3) is 3.83. The number of rotatable bonds is 4. The highest BCUT2D eigenvalue weighted by molar-refractivity contribution is 7.12. The summed E-state index contributed by atoms with van der Waals surface area (Å²) < 4.78 is 0. The first-order valence-electron chi connectivity index (χ1n) is 8.06. The lowest BCUT2D eigenvalue weighted by molar-refractivity contribution is -0.133. The molecule has 0 spiro atoms. The molecule has 1 saturated heterocycles. The zero-order valence-electron chi connectivity index (χ0n) is 13.4. The van der Waals surface area contributed by atoms with Crippen molar-refractivity contribution in [2.45, 2.75) is 12.5 Å².